The molecule has 3 heterocycles. The predicted octanol–water partition coefficient (Wildman–Crippen LogP) is 1.10. The molecule has 0 aromatic heterocycles. The second-order valence-corrected chi connectivity index (χ2v) is 4.67. The third kappa shape index (κ3) is 2.11. The van der Waals surface area contributed by atoms with Gasteiger partial charge in [0.1, 0.15) is 6.17 Å². The molecule has 1 atom stereocenters. The Balaban J connectivity index is 1.94. The number of carbonyl (C=O) groups excluding carboxylic acids is 1. The number of piperidine rings is 1. The summed E-state index contributed by atoms with van der Waals surface area (Å²) >= 11 is 0. The van der Waals surface area contributed by atoms with Gasteiger partial charge in [0.2, 0.25) is 0 Å². The van der Waals surface area contributed by atoms with Crippen LogP contribution in [0.3, 0.4) is 0 Å². The molecule has 1 fully saturated rings. The van der Waals surface area contributed by atoms with Gasteiger partial charge in [-0.25, -0.2) is 9.78 Å². The molecule has 0 spiro atoms. The van der Waals surface area contributed by atoms with Gasteiger partial charge in [-0.1, -0.05) is 0 Å². The van der Waals surface area contributed by atoms with Gasteiger partial charge in [-0.3, -0.25) is 0 Å². The molecule has 100 valence electrons. The molecule has 0 radical (unpaired) electrons. The Morgan fingerprint density at radius 1 is 1.47 bits per heavy atom. The number of nitrogens with one attached hydrogen (secondary N) is 1. The summed E-state index contributed by atoms with van der Waals surface area (Å²) in [5, 5.41) is 10.4. The van der Waals surface area contributed by atoms with Crippen LogP contribution in [0.15, 0.2) is 18.7 Å². The highest BCUT2D eigenvalue weighted by Gasteiger charge is 2.27. The number of nitrogens with zero attached hydrogens (tertiary/aromatic N) is 5. The van der Waals surface area contributed by atoms with Crippen molar-refractivity contribution in [2.75, 3.05) is 13.6 Å². The maximum atomic E-state index is 11.9. The van der Waals surface area contributed by atoms with Crippen LogP contribution in [0.5, 0.6) is 0 Å². The highest BCUT2D eigenvalue weighted by Crippen LogP contribution is 2.27. The van der Waals surface area contributed by atoms with Crippen LogP contribution in [-0.2, 0) is 0 Å². The Hall–Kier alpha value is -2.18. The van der Waals surface area contributed by atoms with E-state index in [2.05, 4.69) is 20.5 Å². The van der Waals surface area contributed by atoms with Gasteiger partial charge in [-0.05, 0) is 19.3 Å². The zero-order valence-corrected chi connectivity index (χ0v) is 10.8. The van der Waals surface area contributed by atoms with Crippen LogP contribution in [0.25, 0.3) is 11.4 Å². The first-order chi connectivity index (χ1) is 9.29. The molecule has 2 amide bonds. The second-order valence-electron chi connectivity index (χ2n) is 4.67. The number of rotatable bonds is 1. The molecule has 1 saturated heterocycles. The quantitative estimate of drug-likeness (QED) is 0.833. The van der Waals surface area contributed by atoms with Gasteiger partial charge in [-0.2, -0.15) is 5.10 Å². The average Bonchev–Trinajstić information content (AvgIpc) is 2.93. The molecular formula is C12H16N6O. The molecule has 0 aromatic carbocycles. The van der Waals surface area contributed by atoms with Crippen LogP contribution < -0.4 is 5.32 Å². The van der Waals surface area contributed by atoms with E-state index in [0.29, 0.717) is 5.82 Å². The Labute approximate surface area is 111 Å². The van der Waals surface area contributed by atoms with Crippen LogP contribution in [0.2, 0.25) is 0 Å². The van der Waals surface area contributed by atoms with Gasteiger partial charge < -0.3 is 14.8 Å². The molecule has 7 nitrogen and oxygen atoms in total. The van der Waals surface area contributed by atoms with Crippen molar-refractivity contribution in [1.29, 1.82) is 0 Å². The second kappa shape index (κ2) is 4.83. The summed E-state index contributed by atoms with van der Waals surface area (Å²) in [4.78, 5) is 18.0. The number of fused-ring (bicyclic) bond motifs is 1. The summed E-state index contributed by atoms with van der Waals surface area (Å²) in [6, 6.07) is -0.0453. The normalized spacial score (nSPS) is 19.6. The van der Waals surface area contributed by atoms with Crippen molar-refractivity contribution in [1.82, 2.24) is 30.0 Å². The van der Waals surface area contributed by atoms with Gasteiger partial charge in [0, 0.05) is 19.8 Å². The number of likely N-dealkylation sites (tertiary alicyclic amines) is 1. The molecule has 0 aliphatic carbocycles. The van der Waals surface area contributed by atoms with Crippen LogP contribution >= 0.6 is 0 Å². The highest BCUT2D eigenvalue weighted by molar-refractivity contribution is 5.74. The van der Waals surface area contributed by atoms with Crippen molar-refractivity contribution in [3.63, 3.8) is 0 Å². The van der Waals surface area contributed by atoms with E-state index in [4.69, 9.17) is 0 Å². The Kier molecular flexibility index (Phi) is 3.02. The SMILES string of the molecule is CNC(=O)N1CCCCC1n1cnc2nncc-2c1. The third-order valence-electron chi connectivity index (χ3n) is 3.50. The zero-order valence-electron chi connectivity index (χ0n) is 10.8. The molecule has 0 aromatic rings. The molecule has 3 aliphatic rings. The lowest BCUT2D eigenvalue weighted by Gasteiger charge is -2.36. The van der Waals surface area contributed by atoms with Crippen molar-refractivity contribution < 1.29 is 4.79 Å². The minimum absolute atomic E-state index is 0.0144. The molecule has 7 heteroatoms. The van der Waals surface area contributed by atoms with Gasteiger partial charge in [0.15, 0.2) is 5.82 Å². The Bertz CT molecular complexity index is 553. The fourth-order valence-corrected chi connectivity index (χ4v) is 2.54. The van der Waals surface area contributed by atoms with Crippen molar-refractivity contribution in [2.45, 2.75) is 25.4 Å². The minimum Gasteiger partial charge on any atom is -0.341 e. The van der Waals surface area contributed by atoms with E-state index < -0.39 is 0 Å². The van der Waals surface area contributed by atoms with Crippen molar-refractivity contribution in [3.8, 4) is 11.4 Å². The van der Waals surface area contributed by atoms with Crippen molar-refractivity contribution in [2.24, 2.45) is 0 Å². The summed E-state index contributed by atoms with van der Waals surface area (Å²) in [6.07, 6.45) is 8.47. The number of hydrogen-bond donors (Lipinski definition) is 1. The molecule has 3 rings (SSSR count). The van der Waals surface area contributed by atoms with Crippen LogP contribution in [-0.4, -0.2) is 44.3 Å². The summed E-state index contributed by atoms with van der Waals surface area (Å²) in [5.74, 6) is 0.638. The fraction of sp³-hybridized carbons (Fsp3) is 0.500. The lowest BCUT2D eigenvalue weighted by Crippen LogP contribution is -2.45. The lowest BCUT2D eigenvalue weighted by atomic mass is 10.1. The first-order valence-electron chi connectivity index (χ1n) is 6.43. The van der Waals surface area contributed by atoms with E-state index >= 15 is 0 Å². The summed E-state index contributed by atoms with van der Waals surface area (Å²) in [6.45, 7) is 0.771. The number of hydrogen-bond acceptors (Lipinski definition) is 4. The van der Waals surface area contributed by atoms with E-state index in [1.165, 1.54) is 0 Å². The number of amides is 2. The molecule has 0 saturated carbocycles. The average molecular weight is 260 g/mol. The number of urea groups is 1. The maximum Gasteiger partial charge on any atom is 0.318 e. The van der Waals surface area contributed by atoms with Gasteiger partial charge >= 0.3 is 6.03 Å². The topological polar surface area (TPSA) is 75.9 Å². The molecular weight excluding hydrogens is 244 g/mol. The van der Waals surface area contributed by atoms with Crippen LogP contribution in [0.1, 0.15) is 25.4 Å². The third-order valence-corrected chi connectivity index (χ3v) is 3.50. The molecule has 3 aliphatic heterocycles. The maximum absolute atomic E-state index is 11.9. The predicted molar refractivity (Wildman–Crippen MR) is 68.5 cm³/mol. The van der Waals surface area contributed by atoms with Crippen LogP contribution in [0.4, 0.5) is 4.79 Å². The fourth-order valence-electron chi connectivity index (χ4n) is 2.54. The molecule has 19 heavy (non-hydrogen) atoms. The first kappa shape index (κ1) is 11.9. The van der Waals surface area contributed by atoms with E-state index in [1.807, 2.05) is 15.7 Å². The van der Waals surface area contributed by atoms with E-state index in [0.717, 1.165) is 31.4 Å². The standard InChI is InChI=1S/C12H16N6O/c1-13-12(19)18-5-3-2-4-10(18)17-7-9-6-15-16-11(9)14-8-17/h6-8,10H,2-5H2,1H3,(H,13,19). The lowest BCUT2D eigenvalue weighted by molar-refractivity contribution is 0.116. The largest absolute Gasteiger partial charge is 0.341 e. The van der Waals surface area contributed by atoms with Crippen molar-refractivity contribution in [3.05, 3.63) is 18.7 Å². The Morgan fingerprint density at radius 2 is 2.37 bits per heavy atom. The van der Waals surface area contributed by atoms with E-state index in [1.54, 1.807) is 19.6 Å². The monoisotopic (exact) mass is 260 g/mol. The molecule has 0 bridgehead atoms. The zero-order chi connectivity index (χ0) is 13.2. The minimum atomic E-state index is -0.0453. The summed E-state index contributed by atoms with van der Waals surface area (Å²) < 4.78 is 1.97. The van der Waals surface area contributed by atoms with E-state index in [9.17, 15) is 4.79 Å². The summed E-state index contributed by atoms with van der Waals surface area (Å²) in [5.41, 5.74) is 0.893. The summed E-state index contributed by atoms with van der Waals surface area (Å²) in [7, 11) is 1.66. The Morgan fingerprint density at radius 3 is 3.21 bits per heavy atom. The van der Waals surface area contributed by atoms with Gasteiger partial charge in [0.25, 0.3) is 0 Å². The van der Waals surface area contributed by atoms with Gasteiger partial charge in [-0.15, -0.1) is 5.10 Å². The molecule has 1 N–H and O–H groups in total. The number of carbonyl (C=O) groups is 1. The van der Waals surface area contributed by atoms with Crippen LogP contribution in [0, 0.1) is 0 Å². The highest BCUT2D eigenvalue weighted by atomic mass is 16.2. The number of aromatic nitrogens is 4. The van der Waals surface area contributed by atoms with Gasteiger partial charge in [0.05, 0.1) is 18.1 Å². The first-order valence-corrected chi connectivity index (χ1v) is 6.43. The van der Waals surface area contributed by atoms with E-state index in [-0.39, 0.29) is 12.2 Å². The molecule has 1 unspecified atom stereocenters. The van der Waals surface area contributed by atoms with Crippen molar-refractivity contribution >= 4 is 6.03 Å². The smallest absolute Gasteiger partial charge is 0.318 e.